The summed E-state index contributed by atoms with van der Waals surface area (Å²) in [5.74, 6) is 0.622. The van der Waals surface area contributed by atoms with Crippen molar-refractivity contribution in [2.45, 2.75) is 52.0 Å². The van der Waals surface area contributed by atoms with Crippen molar-refractivity contribution in [1.29, 1.82) is 0 Å². The number of rotatable bonds is 6. The average Bonchev–Trinajstić information content (AvgIpc) is 3.12. The molecule has 1 aliphatic carbocycles. The number of anilines is 1. The van der Waals surface area contributed by atoms with Crippen LogP contribution in [0.5, 0.6) is 0 Å². The molecule has 0 atom stereocenters. The fraction of sp³-hybridized carbons (Fsp3) is 0.429. The third-order valence-electron chi connectivity index (χ3n) is 5.02. The van der Waals surface area contributed by atoms with Gasteiger partial charge in [0.25, 0.3) is 5.56 Å². The molecule has 25 heavy (non-hydrogen) atoms. The summed E-state index contributed by atoms with van der Waals surface area (Å²) in [7, 11) is 0. The van der Waals surface area contributed by atoms with Gasteiger partial charge < -0.3 is 9.88 Å². The second-order valence-electron chi connectivity index (χ2n) is 7.08. The monoisotopic (exact) mass is 338 g/mol. The van der Waals surface area contributed by atoms with Gasteiger partial charge in [0, 0.05) is 12.6 Å². The number of benzene rings is 1. The van der Waals surface area contributed by atoms with E-state index in [1.807, 2.05) is 37.3 Å². The quantitative estimate of drug-likeness (QED) is 0.861. The molecule has 4 nitrogen and oxygen atoms in total. The Labute approximate surface area is 148 Å². The normalized spacial score (nSPS) is 14.6. The average molecular weight is 338 g/mol. The van der Waals surface area contributed by atoms with Crippen LogP contribution in [0.1, 0.15) is 49.7 Å². The zero-order valence-electron chi connectivity index (χ0n) is 14.8. The van der Waals surface area contributed by atoms with Crippen molar-refractivity contribution in [3.05, 3.63) is 64.1 Å². The van der Waals surface area contributed by atoms with Gasteiger partial charge in [0.2, 0.25) is 5.91 Å². The molecule has 2 aromatic rings. The first-order valence-corrected chi connectivity index (χ1v) is 9.16. The number of nitrogens with zero attached hydrogens (tertiary/aromatic N) is 1. The molecule has 0 unspecified atom stereocenters. The number of aromatic nitrogens is 1. The lowest BCUT2D eigenvalue weighted by atomic mass is 10.0. The van der Waals surface area contributed by atoms with Gasteiger partial charge in [-0.2, -0.15) is 0 Å². The largest absolute Gasteiger partial charge is 0.321 e. The summed E-state index contributed by atoms with van der Waals surface area (Å²) in [5.41, 5.74) is 2.47. The summed E-state index contributed by atoms with van der Waals surface area (Å²) in [4.78, 5) is 24.8. The van der Waals surface area contributed by atoms with Crippen LogP contribution in [0.3, 0.4) is 0 Å². The van der Waals surface area contributed by atoms with E-state index in [1.165, 1.54) is 31.2 Å². The first-order valence-electron chi connectivity index (χ1n) is 9.16. The van der Waals surface area contributed by atoms with Crippen LogP contribution in [0, 0.1) is 12.8 Å². The van der Waals surface area contributed by atoms with Crippen LogP contribution in [-0.4, -0.2) is 10.5 Å². The number of carbonyl (C=O) groups is 1. The van der Waals surface area contributed by atoms with Crippen LogP contribution in [0.2, 0.25) is 0 Å². The third kappa shape index (κ3) is 4.81. The van der Waals surface area contributed by atoms with E-state index in [4.69, 9.17) is 0 Å². The van der Waals surface area contributed by atoms with Gasteiger partial charge >= 0.3 is 0 Å². The third-order valence-corrected chi connectivity index (χ3v) is 5.02. The summed E-state index contributed by atoms with van der Waals surface area (Å²) in [6.07, 6.45) is 8.23. The molecule has 0 spiro atoms. The molecule has 0 aliphatic heterocycles. The Kier molecular flexibility index (Phi) is 5.69. The molecule has 1 aromatic carbocycles. The first kappa shape index (κ1) is 17.5. The molecule has 1 amide bonds. The molecule has 0 bridgehead atoms. The number of nitrogens with one attached hydrogen (secondary N) is 1. The Morgan fingerprint density at radius 3 is 2.60 bits per heavy atom. The van der Waals surface area contributed by atoms with Crippen molar-refractivity contribution in [1.82, 2.24) is 4.57 Å². The number of carbonyl (C=O) groups excluding carboxylic acids is 1. The number of hydrogen-bond acceptors (Lipinski definition) is 2. The van der Waals surface area contributed by atoms with Crippen molar-refractivity contribution < 1.29 is 4.79 Å². The highest BCUT2D eigenvalue weighted by atomic mass is 16.2. The van der Waals surface area contributed by atoms with Gasteiger partial charge in [0.1, 0.15) is 5.69 Å². The first-order chi connectivity index (χ1) is 12.1. The fourth-order valence-electron chi connectivity index (χ4n) is 3.49. The Hall–Kier alpha value is -2.36. The predicted molar refractivity (Wildman–Crippen MR) is 101 cm³/mol. The molecule has 0 radical (unpaired) electrons. The molecular formula is C21H26N2O2. The Morgan fingerprint density at radius 1 is 1.16 bits per heavy atom. The predicted octanol–water partition coefficient (Wildman–Crippen LogP) is 4.11. The van der Waals surface area contributed by atoms with Crippen LogP contribution in [0.4, 0.5) is 5.69 Å². The molecule has 1 N–H and O–H groups in total. The van der Waals surface area contributed by atoms with Gasteiger partial charge in [-0.3, -0.25) is 9.59 Å². The standard InChI is InChI=1S/C21H26N2O2/c1-16-8-10-18(11-9-16)15-23-14-4-7-19(21(23)25)22-20(24)13-12-17-5-2-3-6-17/h4,7-11,14,17H,2-3,5-6,12-13,15H2,1H3,(H,22,24). The SMILES string of the molecule is Cc1ccc(Cn2cccc(NC(=O)CCC3CCCC3)c2=O)cc1. The number of aryl methyl sites for hydroxylation is 1. The van der Waals surface area contributed by atoms with Crippen LogP contribution in [0.25, 0.3) is 0 Å². The van der Waals surface area contributed by atoms with E-state index >= 15 is 0 Å². The molecule has 3 rings (SSSR count). The number of hydrogen-bond donors (Lipinski definition) is 1. The van der Waals surface area contributed by atoms with Crippen molar-refractivity contribution in [3.63, 3.8) is 0 Å². The molecule has 1 fully saturated rings. The van der Waals surface area contributed by atoms with E-state index in [0.29, 0.717) is 24.6 Å². The van der Waals surface area contributed by atoms with E-state index in [1.54, 1.807) is 16.8 Å². The summed E-state index contributed by atoms with van der Waals surface area (Å²) in [6, 6.07) is 11.6. The highest BCUT2D eigenvalue weighted by molar-refractivity contribution is 5.90. The van der Waals surface area contributed by atoms with E-state index in [2.05, 4.69) is 5.32 Å². The molecule has 1 saturated carbocycles. The number of pyridine rings is 1. The molecule has 1 aromatic heterocycles. The maximum absolute atomic E-state index is 12.6. The topological polar surface area (TPSA) is 51.1 Å². The Bertz CT molecular complexity index is 771. The van der Waals surface area contributed by atoms with Gasteiger partial charge in [-0.05, 0) is 37.0 Å². The highest BCUT2D eigenvalue weighted by Crippen LogP contribution is 2.28. The summed E-state index contributed by atoms with van der Waals surface area (Å²) < 4.78 is 1.64. The molecular weight excluding hydrogens is 312 g/mol. The minimum atomic E-state index is -0.155. The van der Waals surface area contributed by atoms with E-state index in [-0.39, 0.29) is 11.5 Å². The van der Waals surface area contributed by atoms with Crippen molar-refractivity contribution >= 4 is 11.6 Å². The molecule has 4 heteroatoms. The van der Waals surface area contributed by atoms with Crippen LogP contribution < -0.4 is 10.9 Å². The van der Waals surface area contributed by atoms with Crippen LogP contribution in [0.15, 0.2) is 47.4 Å². The lowest BCUT2D eigenvalue weighted by Crippen LogP contribution is -2.25. The summed E-state index contributed by atoms with van der Waals surface area (Å²) in [6.45, 7) is 2.54. The number of amides is 1. The minimum absolute atomic E-state index is 0.0583. The second kappa shape index (κ2) is 8.15. The van der Waals surface area contributed by atoms with Crippen molar-refractivity contribution in [2.75, 3.05) is 5.32 Å². The van der Waals surface area contributed by atoms with Gasteiger partial charge in [-0.1, -0.05) is 55.5 Å². The summed E-state index contributed by atoms with van der Waals surface area (Å²) in [5, 5.41) is 2.80. The van der Waals surface area contributed by atoms with Crippen molar-refractivity contribution in [3.8, 4) is 0 Å². The smallest absolute Gasteiger partial charge is 0.274 e. The zero-order valence-corrected chi connectivity index (χ0v) is 14.8. The lowest BCUT2D eigenvalue weighted by Gasteiger charge is -2.11. The van der Waals surface area contributed by atoms with E-state index in [0.717, 1.165) is 12.0 Å². The Morgan fingerprint density at radius 2 is 1.88 bits per heavy atom. The maximum atomic E-state index is 12.6. The summed E-state index contributed by atoms with van der Waals surface area (Å²) >= 11 is 0. The van der Waals surface area contributed by atoms with Gasteiger partial charge in [-0.15, -0.1) is 0 Å². The molecule has 0 saturated heterocycles. The lowest BCUT2D eigenvalue weighted by molar-refractivity contribution is -0.116. The van der Waals surface area contributed by atoms with Crippen molar-refractivity contribution in [2.24, 2.45) is 5.92 Å². The Balaban J connectivity index is 1.62. The zero-order chi connectivity index (χ0) is 17.6. The van der Waals surface area contributed by atoms with E-state index in [9.17, 15) is 9.59 Å². The van der Waals surface area contributed by atoms with Crippen LogP contribution >= 0.6 is 0 Å². The van der Waals surface area contributed by atoms with Gasteiger partial charge in [-0.25, -0.2) is 0 Å². The van der Waals surface area contributed by atoms with Gasteiger partial charge in [0.15, 0.2) is 0 Å². The molecule has 1 aliphatic rings. The fourth-order valence-corrected chi connectivity index (χ4v) is 3.49. The van der Waals surface area contributed by atoms with Crippen LogP contribution in [-0.2, 0) is 11.3 Å². The maximum Gasteiger partial charge on any atom is 0.274 e. The molecule has 132 valence electrons. The molecule has 1 heterocycles. The van der Waals surface area contributed by atoms with Gasteiger partial charge in [0.05, 0.1) is 6.54 Å². The highest BCUT2D eigenvalue weighted by Gasteiger charge is 2.16. The second-order valence-corrected chi connectivity index (χ2v) is 7.08. The van der Waals surface area contributed by atoms with E-state index < -0.39 is 0 Å². The minimum Gasteiger partial charge on any atom is -0.321 e.